The molecule has 3 rings (SSSR count). The number of carbonyl (C=O) groups is 1. The molecule has 1 aliphatic rings. The van der Waals surface area contributed by atoms with Crippen molar-refractivity contribution in [1.82, 2.24) is 20.1 Å². The molecule has 0 bridgehead atoms. The quantitative estimate of drug-likeness (QED) is 0.366. The van der Waals surface area contributed by atoms with Crippen LogP contribution in [-0.2, 0) is 24.4 Å². The summed E-state index contributed by atoms with van der Waals surface area (Å²) in [5.41, 5.74) is 3.41. The number of aromatic nitrogens is 1. The standard InChI is InChI=1S/C20H27N5OS.HI/c1-15-23-18(14-27-15)13-24(3)20(21-2)22-11-16-6-4-7-17(10-16)12-25-9-5-8-19(25)26;/h4,6-7,10,14H,5,8-9,11-13H2,1-3H3,(H,21,22);1H. The van der Waals surface area contributed by atoms with Crippen LogP contribution in [-0.4, -0.2) is 47.3 Å². The minimum Gasteiger partial charge on any atom is -0.352 e. The molecular weight excluding hydrogens is 485 g/mol. The number of thiazole rings is 1. The van der Waals surface area contributed by atoms with Gasteiger partial charge in [-0.15, -0.1) is 35.3 Å². The fourth-order valence-electron chi connectivity index (χ4n) is 3.29. The molecule has 1 aromatic heterocycles. The number of guanidine groups is 1. The summed E-state index contributed by atoms with van der Waals surface area (Å²) in [6, 6.07) is 8.40. The Balaban J connectivity index is 0.00000280. The molecule has 2 aromatic rings. The first-order chi connectivity index (χ1) is 13.0. The van der Waals surface area contributed by atoms with Gasteiger partial charge >= 0.3 is 0 Å². The first-order valence-corrected chi connectivity index (χ1v) is 10.1. The topological polar surface area (TPSA) is 60.8 Å². The molecule has 0 radical (unpaired) electrons. The molecule has 8 heteroatoms. The maximum absolute atomic E-state index is 11.8. The van der Waals surface area contributed by atoms with Gasteiger partial charge in [-0.3, -0.25) is 9.79 Å². The number of hydrogen-bond acceptors (Lipinski definition) is 4. The number of carbonyl (C=O) groups excluding carboxylic acids is 1. The number of benzene rings is 1. The summed E-state index contributed by atoms with van der Waals surface area (Å²) in [7, 11) is 3.81. The third-order valence-corrected chi connectivity index (χ3v) is 5.45. The zero-order valence-electron chi connectivity index (χ0n) is 16.6. The average molecular weight is 513 g/mol. The molecule has 1 N–H and O–H groups in total. The number of nitrogens with zero attached hydrogens (tertiary/aromatic N) is 4. The lowest BCUT2D eigenvalue weighted by atomic mass is 10.1. The highest BCUT2D eigenvalue weighted by molar-refractivity contribution is 14.0. The minimum atomic E-state index is 0. The predicted molar refractivity (Wildman–Crippen MR) is 125 cm³/mol. The Morgan fingerprint density at radius 1 is 1.39 bits per heavy atom. The highest BCUT2D eigenvalue weighted by Crippen LogP contribution is 2.15. The number of halogens is 1. The zero-order valence-corrected chi connectivity index (χ0v) is 19.8. The van der Waals surface area contributed by atoms with Gasteiger partial charge in [0.25, 0.3) is 0 Å². The van der Waals surface area contributed by atoms with E-state index in [0.29, 0.717) is 19.5 Å². The third kappa shape index (κ3) is 6.16. The second-order valence-corrected chi connectivity index (χ2v) is 7.92. The van der Waals surface area contributed by atoms with Crippen LogP contribution < -0.4 is 5.32 Å². The van der Waals surface area contributed by atoms with Crippen LogP contribution in [0.3, 0.4) is 0 Å². The van der Waals surface area contributed by atoms with E-state index in [9.17, 15) is 4.79 Å². The minimum absolute atomic E-state index is 0. The Labute approximate surface area is 188 Å². The van der Waals surface area contributed by atoms with Gasteiger partial charge in [0.15, 0.2) is 5.96 Å². The fourth-order valence-corrected chi connectivity index (χ4v) is 3.90. The molecule has 1 saturated heterocycles. The van der Waals surface area contributed by atoms with Crippen molar-refractivity contribution < 1.29 is 4.79 Å². The number of likely N-dealkylation sites (tertiary alicyclic amines) is 1. The Bertz CT molecular complexity index is 822. The molecule has 0 aliphatic carbocycles. The molecule has 1 aromatic carbocycles. The molecule has 1 aliphatic heterocycles. The van der Waals surface area contributed by atoms with Crippen LogP contribution in [0.2, 0.25) is 0 Å². The second kappa shape index (κ2) is 10.8. The molecule has 6 nitrogen and oxygen atoms in total. The van der Waals surface area contributed by atoms with E-state index in [4.69, 9.17) is 0 Å². The maximum Gasteiger partial charge on any atom is 0.222 e. The molecule has 2 heterocycles. The van der Waals surface area contributed by atoms with Crippen LogP contribution in [0.1, 0.15) is 34.7 Å². The SMILES string of the molecule is CN=C(NCc1cccc(CN2CCCC2=O)c1)N(C)Cc1csc(C)n1.I. The first kappa shape index (κ1) is 22.6. The molecular formula is C20H28IN5OS. The average Bonchev–Trinajstić information content (AvgIpc) is 3.24. The Morgan fingerprint density at radius 2 is 2.18 bits per heavy atom. The van der Waals surface area contributed by atoms with E-state index < -0.39 is 0 Å². The van der Waals surface area contributed by atoms with Gasteiger partial charge in [-0.25, -0.2) is 4.98 Å². The number of aryl methyl sites for hydroxylation is 1. The van der Waals surface area contributed by atoms with E-state index in [-0.39, 0.29) is 29.9 Å². The van der Waals surface area contributed by atoms with Gasteiger partial charge in [-0.2, -0.15) is 0 Å². The van der Waals surface area contributed by atoms with E-state index in [2.05, 4.69) is 49.8 Å². The second-order valence-electron chi connectivity index (χ2n) is 6.85. The van der Waals surface area contributed by atoms with Crippen LogP contribution in [0.15, 0.2) is 34.6 Å². The number of amides is 1. The molecule has 0 spiro atoms. The van der Waals surface area contributed by atoms with Gasteiger partial charge in [0.2, 0.25) is 5.91 Å². The molecule has 152 valence electrons. The smallest absolute Gasteiger partial charge is 0.222 e. The first-order valence-electron chi connectivity index (χ1n) is 9.23. The van der Waals surface area contributed by atoms with Crippen molar-refractivity contribution in [2.45, 2.75) is 39.4 Å². The summed E-state index contributed by atoms with van der Waals surface area (Å²) in [6.45, 7) is 5.00. The van der Waals surface area contributed by atoms with E-state index in [1.54, 1.807) is 18.4 Å². The van der Waals surface area contributed by atoms with E-state index >= 15 is 0 Å². The summed E-state index contributed by atoms with van der Waals surface area (Å²) in [5.74, 6) is 1.10. The van der Waals surface area contributed by atoms with Crippen LogP contribution in [0.25, 0.3) is 0 Å². The highest BCUT2D eigenvalue weighted by Gasteiger charge is 2.20. The summed E-state index contributed by atoms with van der Waals surface area (Å²) >= 11 is 1.66. The number of nitrogens with one attached hydrogen (secondary N) is 1. The summed E-state index contributed by atoms with van der Waals surface area (Å²) in [4.78, 5) is 24.7. The van der Waals surface area contributed by atoms with Gasteiger partial charge < -0.3 is 15.1 Å². The molecule has 0 unspecified atom stereocenters. The van der Waals surface area contributed by atoms with Gasteiger partial charge in [0.1, 0.15) is 0 Å². The lowest BCUT2D eigenvalue weighted by Gasteiger charge is -2.21. The van der Waals surface area contributed by atoms with Crippen LogP contribution in [0, 0.1) is 6.92 Å². The van der Waals surface area contributed by atoms with Crippen molar-refractivity contribution in [3.05, 3.63) is 51.5 Å². The Hall–Kier alpha value is -1.68. The van der Waals surface area contributed by atoms with Crippen LogP contribution in [0.5, 0.6) is 0 Å². The highest BCUT2D eigenvalue weighted by atomic mass is 127. The predicted octanol–water partition coefficient (Wildman–Crippen LogP) is 3.40. The van der Waals surface area contributed by atoms with Crippen molar-refractivity contribution in [3.8, 4) is 0 Å². The summed E-state index contributed by atoms with van der Waals surface area (Å²) in [6.07, 6.45) is 1.66. The van der Waals surface area contributed by atoms with E-state index in [1.807, 2.05) is 18.9 Å². The van der Waals surface area contributed by atoms with Crippen molar-refractivity contribution in [2.24, 2.45) is 4.99 Å². The molecule has 1 amide bonds. The molecule has 0 saturated carbocycles. The maximum atomic E-state index is 11.8. The third-order valence-electron chi connectivity index (χ3n) is 4.63. The summed E-state index contributed by atoms with van der Waals surface area (Å²) in [5, 5.41) is 6.58. The molecule has 1 fully saturated rings. The van der Waals surface area contributed by atoms with E-state index in [0.717, 1.165) is 36.2 Å². The number of hydrogen-bond donors (Lipinski definition) is 1. The molecule has 28 heavy (non-hydrogen) atoms. The zero-order chi connectivity index (χ0) is 19.2. The largest absolute Gasteiger partial charge is 0.352 e. The van der Waals surface area contributed by atoms with Gasteiger partial charge in [-0.05, 0) is 24.5 Å². The van der Waals surface area contributed by atoms with Crippen LogP contribution >= 0.6 is 35.3 Å². The Morgan fingerprint density at radius 3 is 2.82 bits per heavy atom. The number of aliphatic imine (C=N–C) groups is 1. The van der Waals surface area contributed by atoms with Crippen molar-refractivity contribution in [3.63, 3.8) is 0 Å². The van der Waals surface area contributed by atoms with Crippen LogP contribution in [0.4, 0.5) is 0 Å². The normalized spacial score (nSPS) is 14.2. The molecule has 0 atom stereocenters. The summed E-state index contributed by atoms with van der Waals surface area (Å²) < 4.78 is 0. The van der Waals surface area contributed by atoms with Gasteiger partial charge in [0.05, 0.1) is 17.2 Å². The lowest BCUT2D eigenvalue weighted by molar-refractivity contribution is -0.128. The van der Waals surface area contributed by atoms with Crippen molar-refractivity contribution >= 4 is 47.2 Å². The number of rotatable bonds is 6. The Kier molecular flexibility index (Phi) is 8.68. The lowest BCUT2D eigenvalue weighted by Crippen LogP contribution is -2.38. The van der Waals surface area contributed by atoms with E-state index in [1.165, 1.54) is 11.1 Å². The van der Waals surface area contributed by atoms with Gasteiger partial charge in [0, 0.05) is 45.5 Å². The van der Waals surface area contributed by atoms with Crippen molar-refractivity contribution in [1.29, 1.82) is 0 Å². The van der Waals surface area contributed by atoms with Crippen molar-refractivity contribution in [2.75, 3.05) is 20.6 Å². The van der Waals surface area contributed by atoms with Gasteiger partial charge in [-0.1, -0.05) is 24.3 Å². The monoisotopic (exact) mass is 513 g/mol. The fraction of sp³-hybridized carbons (Fsp3) is 0.450.